The Morgan fingerprint density at radius 1 is 1.32 bits per heavy atom. The molecule has 0 N–H and O–H groups in total. The molecule has 0 bridgehead atoms. The van der Waals surface area contributed by atoms with Gasteiger partial charge in [0.05, 0.1) is 17.9 Å². The van der Waals surface area contributed by atoms with Crippen LogP contribution in [0.4, 0.5) is 0 Å². The normalized spacial score (nSPS) is 19.0. The molecule has 3 nitrogen and oxygen atoms in total. The average molecular weight is 315 g/mol. The van der Waals surface area contributed by atoms with E-state index in [1.807, 2.05) is 40.9 Å². The number of carbonyl (C=O) groups is 1. The maximum atomic E-state index is 12.5. The Labute approximate surface area is 135 Å². The lowest BCUT2D eigenvalue weighted by Crippen LogP contribution is -2.34. The summed E-state index contributed by atoms with van der Waals surface area (Å²) in [7, 11) is 0. The first kappa shape index (κ1) is 15.2. The highest BCUT2D eigenvalue weighted by Crippen LogP contribution is 2.34. The highest BCUT2D eigenvalue weighted by atomic mass is 32.2. The van der Waals surface area contributed by atoms with E-state index in [4.69, 9.17) is 4.42 Å². The summed E-state index contributed by atoms with van der Waals surface area (Å²) in [5, 5.41) is 0.367. The highest BCUT2D eigenvalue weighted by Gasteiger charge is 2.23. The van der Waals surface area contributed by atoms with Crippen LogP contribution in [0, 0.1) is 6.92 Å². The second kappa shape index (κ2) is 7.05. The Kier molecular flexibility index (Phi) is 4.88. The molecule has 1 aliphatic heterocycles. The molecule has 0 unspecified atom stereocenters. The molecule has 1 aromatic heterocycles. The van der Waals surface area contributed by atoms with Crippen molar-refractivity contribution in [1.29, 1.82) is 0 Å². The number of furan rings is 1. The Morgan fingerprint density at radius 3 is 3.00 bits per heavy atom. The quantitative estimate of drug-likeness (QED) is 0.863. The van der Waals surface area contributed by atoms with Gasteiger partial charge in [0.1, 0.15) is 5.76 Å². The van der Waals surface area contributed by atoms with Gasteiger partial charge in [-0.15, -0.1) is 11.8 Å². The third kappa shape index (κ3) is 3.74. The van der Waals surface area contributed by atoms with E-state index in [1.54, 1.807) is 6.26 Å². The van der Waals surface area contributed by atoms with Gasteiger partial charge < -0.3 is 9.32 Å². The minimum absolute atomic E-state index is 0.228. The van der Waals surface area contributed by atoms with Gasteiger partial charge in [-0.2, -0.15) is 0 Å². The van der Waals surface area contributed by atoms with Gasteiger partial charge in [0, 0.05) is 18.8 Å². The van der Waals surface area contributed by atoms with E-state index in [2.05, 4.69) is 19.1 Å². The molecular formula is C18H21NO2S. The number of aryl methyl sites for hydroxylation is 1. The van der Waals surface area contributed by atoms with Crippen LogP contribution in [0.15, 0.2) is 47.1 Å². The number of rotatable bonds is 3. The van der Waals surface area contributed by atoms with E-state index < -0.39 is 0 Å². The van der Waals surface area contributed by atoms with Crippen LogP contribution in [-0.4, -0.2) is 29.6 Å². The van der Waals surface area contributed by atoms with E-state index in [0.717, 1.165) is 36.6 Å². The van der Waals surface area contributed by atoms with Crippen LogP contribution in [0.5, 0.6) is 0 Å². The summed E-state index contributed by atoms with van der Waals surface area (Å²) < 4.78 is 5.51. The number of nitrogens with zero attached hydrogens (tertiary/aromatic N) is 1. The van der Waals surface area contributed by atoms with Crippen molar-refractivity contribution in [2.45, 2.75) is 25.0 Å². The summed E-state index contributed by atoms with van der Waals surface area (Å²) in [6, 6.07) is 12.2. The predicted molar refractivity (Wildman–Crippen MR) is 90.0 cm³/mol. The average Bonchev–Trinajstić information content (AvgIpc) is 2.92. The lowest BCUT2D eigenvalue weighted by atomic mass is 10.1. The molecule has 1 saturated heterocycles. The molecule has 1 fully saturated rings. The molecule has 22 heavy (non-hydrogen) atoms. The molecule has 2 heterocycles. The fourth-order valence-electron chi connectivity index (χ4n) is 2.83. The smallest absolute Gasteiger partial charge is 0.227 e. The monoisotopic (exact) mass is 315 g/mol. The largest absolute Gasteiger partial charge is 0.468 e. The van der Waals surface area contributed by atoms with Gasteiger partial charge in [0.15, 0.2) is 0 Å². The topological polar surface area (TPSA) is 33.5 Å². The lowest BCUT2D eigenvalue weighted by molar-refractivity contribution is -0.130. The lowest BCUT2D eigenvalue weighted by Gasteiger charge is -2.20. The van der Waals surface area contributed by atoms with Crippen LogP contribution in [0.3, 0.4) is 0 Å². The zero-order chi connectivity index (χ0) is 15.4. The van der Waals surface area contributed by atoms with Crippen LogP contribution in [0.2, 0.25) is 0 Å². The second-order valence-electron chi connectivity index (χ2n) is 5.71. The maximum Gasteiger partial charge on any atom is 0.227 e. The van der Waals surface area contributed by atoms with Gasteiger partial charge in [0.25, 0.3) is 0 Å². The molecule has 0 saturated carbocycles. The van der Waals surface area contributed by atoms with Crippen molar-refractivity contribution in [2.24, 2.45) is 0 Å². The van der Waals surface area contributed by atoms with Crippen molar-refractivity contribution in [3.63, 3.8) is 0 Å². The number of hydrogen-bond donors (Lipinski definition) is 0. The molecule has 0 aliphatic carbocycles. The Morgan fingerprint density at radius 2 is 2.23 bits per heavy atom. The highest BCUT2D eigenvalue weighted by molar-refractivity contribution is 7.99. The molecule has 1 atom stereocenters. The van der Waals surface area contributed by atoms with Crippen LogP contribution in [-0.2, 0) is 11.2 Å². The van der Waals surface area contributed by atoms with E-state index in [0.29, 0.717) is 11.7 Å². The first-order valence-corrected chi connectivity index (χ1v) is 8.75. The summed E-state index contributed by atoms with van der Waals surface area (Å²) in [5.74, 6) is 2.22. The molecule has 116 valence electrons. The number of carbonyl (C=O) groups excluding carboxylic acids is 1. The van der Waals surface area contributed by atoms with Crippen LogP contribution in [0.1, 0.15) is 28.6 Å². The van der Waals surface area contributed by atoms with E-state index >= 15 is 0 Å². The molecule has 3 rings (SSSR count). The zero-order valence-electron chi connectivity index (χ0n) is 12.8. The van der Waals surface area contributed by atoms with Crippen molar-refractivity contribution in [3.05, 3.63) is 59.5 Å². The number of benzene rings is 1. The number of amides is 1. The van der Waals surface area contributed by atoms with E-state index in [-0.39, 0.29) is 5.91 Å². The SMILES string of the molecule is Cc1cccc(CC(=O)N2CCS[C@H](c3ccco3)CC2)c1. The van der Waals surface area contributed by atoms with Crippen LogP contribution >= 0.6 is 11.8 Å². The summed E-state index contributed by atoms with van der Waals surface area (Å²) >= 11 is 1.88. The fraction of sp³-hybridized carbons (Fsp3) is 0.389. The Bertz CT molecular complexity index is 624. The van der Waals surface area contributed by atoms with Crippen molar-refractivity contribution >= 4 is 17.7 Å². The molecule has 0 radical (unpaired) electrons. The van der Waals surface area contributed by atoms with E-state index in [1.165, 1.54) is 5.56 Å². The zero-order valence-corrected chi connectivity index (χ0v) is 13.6. The molecule has 1 aromatic carbocycles. The van der Waals surface area contributed by atoms with Gasteiger partial charge in [-0.1, -0.05) is 29.8 Å². The van der Waals surface area contributed by atoms with Crippen molar-refractivity contribution in [1.82, 2.24) is 4.90 Å². The second-order valence-corrected chi connectivity index (χ2v) is 7.02. The summed E-state index contributed by atoms with van der Waals surface area (Å²) in [6.07, 6.45) is 3.18. The first-order valence-electron chi connectivity index (χ1n) is 7.71. The molecule has 1 aliphatic rings. The van der Waals surface area contributed by atoms with Gasteiger partial charge in [-0.25, -0.2) is 0 Å². The van der Waals surface area contributed by atoms with Crippen LogP contribution in [0.25, 0.3) is 0 Å². The van der Waals surface area contributed by atoms with E-state index in [9.17, 15) is 4.79 Å². The van der Waals surface area contributed by atoms with Crippen LogP contribution < -0.4 is 0 Å². The minimum atomic E-state index is 0.228. The summed E-state index contributed by atoms with van der Waals surface area (Å²) in [6.45, 7) is 3.69. The molecule has 2 aromatic rings. The Balaban J connectivity index is 1.59. The van der Waals surface area contributed by atoms with Gasteiger partial charge in [-0.05, 0) is 31.0 Å². The third-order valence-electron chi connectivity index (χ3n) is 3.99. The van der Waals surface area contributed by atoms with Crippen molar-refractivity contribution in [3.8, 4) is 0 Å². The molecule has 4 heteroatoms. The van der Waals surface area contributed by atoms with Crippen molar-refractivity contribution in [2.75, 3.05) is 18.8 Å². The number of thioether (sulfide) groups is 1. The summed E-state index contributed by atoms with van der Waals surface area (Å²) in [4.78, 5) is 14.5. The fourth-order valence-corrected chi connectivity index (χ4v) is 4.01. The standard InChI is InChI=1S/C18H21NO2S/c1-14-4-2-5-15(12-14)13-18(20)19-8-7-17(22-11-9-19)16-6-3-10-21-16/h2-6,10,12,17H,7-9,11,13H2,1H3/t17-/m0/s1. The third-order valence-corrected chi connectivity index (χ3v) is 5.28. The molecule has 0 spiro atoms. The van der Waals surface area contributed by atoms with Gasteiger partial charge in [0.2, 0.25) is 5.91 Å². The molecule has 1 amide bonds. The van der Waals surface area contributed by atoms with Gasteiger partial charge >= 0.3 is 0 Å². The number of hydrogen-bond acceptors (Lipinski definition) is 3. The maximum absolute atomic E-state index is 12.5. The summed E-state index contributed by atoms with van der Waals surface area (Å²) in [5.41, 5.74) is 2.30. The van der Waals surface area contributed by atoms with Gasteiger partial charge in [-0.3, -0.25) is 4.79 Å². The molecular weight excluding hydrogens is 294 g/mol. The first-order chi connectivity index (χ1) is 10.7. The minimum Gasteiger partial charge on any atom is -0.468 e. The van der Waals surface area contributed by atoms with Crippen molar-refractivity contribution < 1.29 is 9.21 Å². The predicted octanol–water partition coefficient (Wildman–Crippen LogP) is 3.84. The Hall–Kier alpha value is -1.68.